The highest BCUT2D eigenvalue weighted by Gasteiger charge is 2.36. The first-order chi connectivity index (χ1) is 13.0. The monoisotopic (exact) mass is 401 g/mol. The van der Waals surface area contributed by atoms with Crippen LogP contribution in [0.25, 0.3) is 0 Å². The summed E-state index contributed by atoms with van der Waals surface area (Å²) in [7, 11) is 3.78. The lowest BCUT2D eigenvalue weighted by Gasteiger charge is -2.24. The molecule has 0 unspecified atom stereocenters. The number of methoxy groups -OCH3 is 1. The van der Waals surface area contributed by atoms with E-state index < -0.39 is 8.80 Å². The molecule has 0 amide bonds. The second-order valence-corrected chi connectivity index (χ2v) is 9.20. The summed E-state index contributed by atoms with van der Waals surface area (Å²) in [5.41, 5.74) is 1.44. The number of unbranched alkanes of at least 4 members (excludes halogenated alkanes) is 1. The van der Waals surface area contributed by atoms with Gasteiger partial charge in [0.25, 0.3) is 5.69 Å². The number of nitro benzene ring substituents is 1. The fourth-order valence-corrected chi connectivity index (χ4v) is 4.67. The molecule has 1 aromatic carbocycles. The van der Waals surface area contributed by atoms with Gasteiger partial charge < -0.3 is 22.8 Å². The maximum atomic E-state index is 11.4. The number of hydrogen-bond acceptors (Lipinski definition) is 7. The maximum absolute atomic E-state index is 11.4. The Bertz CT molecular complexity index is 585. The van der Waals surface area contributed by atoms with Crippen LogP contribution in [-0.4, -0.2) is 48.8 Å². The molecule has 0 bridgehead atoms. The standard InChI is InChI=1S/C18H31NO7Si/c1-6-9-15-12-17(19(20)21)16(13-18(15)22-2)14-26-10-7-8-11-27(23-3,24-4)25-5/h12-13H,6-11,14H2,1-5H3. The van der Waals surface area contributed by atoms with E-state index >= 15 is 0 Å². The van der Waals surface area contributed by atoms with Crippen molar-refractivity contribution in [2.45, 2.75) is 45.3 Å². The normalized spacial score (nSPS) is 11.6. The van der Waals surface area contributed by atoms with Crippen molar-refractivity contribution >= 4 is 14.5 Å². The lowest BCUT2D eigenvalue weighted by atomic mass is 10.0. The van der Waals surface area contributed by atoms with E-state index in [1.54, 1.807) is 40.6 Å². The molecule has 0 aliphatic heterocycles. The summed E-state index contributed by atoms with van der Waals surface area (Å²) in [4.78, 5) is 11.0. The number of nitro groups is 1. The van der Waals surface area contributed by atoms with Gasteiger partial charge in [-0.3, -0.25) is 10.1 Å². The highest BCUT2D eigenvalue weighted by molar-refractivity contribution is 6.60. The van der Waals surface area contributed by atoms with Gasteiger partial charge in [-0.1, -0.05) is 13.3 Å². The van der Waals surface area contributed by atoms with Crippen LogP contribution in [0.3, 0.4) is 0 Å². The quantitative estimate of drug-likeness (QED) is 0.203. The highest BCUT2D eigenvalue weighted by Crippen LogP contribution is 2.30. The number of aryl methyl sites for hydroxylation is 1. The molecule has 8 nitrogen and oxygen atoms in total. The molecule has 27 heavy (non-hydrogen) atoms. The zero-order chi connectivity index (χ0) is 20.3. The van der Waals surface area contributed by atoms with Gasteiger partial charge in [-0.25, -0.2) is 0 Å². The van der Waals surface area contributed by atoms with Gasteiger partial charge in [0.2, 0.25) is 0 Å². The number of rotatable bonds is 14. The van der Waals surface area contributed by atoms with Crippen molar-refractivity contribution in [1.29, 1.82) is 0 Å². The van der Waals surface area contributed by atoms with Crippen LogP contribution in [0.15, 0.2) is 12.1 Å². The molecule has 0 spiro atoms. The summed E-state index contributed by atoms with van der Waals surface area (Å²) in [6.45, 7) is 2.68. The van der Waals surface area contributed by atoms with Crippen LogP contribution in [0, 0.1) is 10.1 Å². The van der Waals surface area contributed by atoms with Gasteiger partial charge in [0.15, 0.2) is 0 Å². The molecule has 0 atom stereocenters. The average Bonchev–Trinajstić information content (AvgIpc) is 2.68. The Morgan fingerprint density at radius 3 is 2.22 bits per heavy atom. The molecule has 0 aromatic heterocycles. The molecule has 0 aliphatic rings. The largest absolute Gasteiger partial charge is 0.500 e. The van der Waals surface area contributed by atoms with Crippen molar-refractivity contribution < 1.29 is 27.7 Å². The van der Waals surface area contributed by atoms with Crippen molar-refractivity contribution in [3.8, 4) is 5.75 Å². The minimum Gasteiger partial charge on any atom is -0.496 e. The van der Waals surface area contributed by atoms with E-state index in [2.05, 4.69) is 0 Å². The average molecular weight is 402 g/mol. The minimum atomic E-state index is -2.55. The molecule has 1 rings (SSSR count). The lowest BCUT2D eigenvalue weighted by Crippen LogP contribution is -2.42. The van der Waals surface area contributed by atoms with Crippen LogP contribution in [0.2, 0.25) is 6.04 Å². The van der Waals surface area contributed by atoms with E-state index in [4.69, 9.17) is 22.8 Å². The topological polar surface area (TPSA) is 89.3 Å². The summed E-state index contributed by atoms with van der Waals surface area (Å²) in [5.74, 6) is 0.664. The lowest BCUT2D eigenvalue weighted by molar-refractivity contribution is -0.386. The number of ether oxygens (including phenoxy) is 2. The molecule has 0 heterocycles. The Morgan fingerprint density at radius 1 is 1.04 bits per heavy atom. The fourth-order valence-electron chi connectivity index (χ4n) is 2.88. The smallest absolute Gasteiger partial charge is 0.496 e. The molecule has 154 valence electrons. The molecule has 0 N–H and O–H groups in total. The minimum absolute atomic E-state index is 0.0730. The van der Waals surface area contributed by atoms with E-state index in [1.165, 1.54) is 0 Å². The predicted molar refractivity (Wildman–Crippen MR) is 104 cm³/mol. The van der Waals surface area contributed by atoms with Crippen LogP contribution in [-0.2, 0) is 31.0 Å². The Kier molecular flexibility index (Phi) is 10.5. The summed E-state index contributed by atoms with van der Waals surface area (Å²) in [6.07, 6.45) is 3.22. The molecule has 1 aromatic rings. The third-order valence-corrected chi connectivity index (χ3v) is 7.24. The third-order valence-electron chi connectivity index (χ3n) is 4.41. The van der Waals surface area contributed by atoms with Crippen LogP contribution < -0.4 is 4.74 Å². The Balaban J connectivity index is 2.62. The van der Waals surface area contributed by atoms with E-state index in [1.807, 2.05) is 6.92 Å². The summed E-state index contributed by atoms with van der Waals surface area (Å²) in [6, 6.07) is 4.00. The third kappa shape index (κ3) is 6.85. The molecular weight excluding hydrogens is 370 g/mol. The van der Waals surface area contributed by atoms with E-state index in [-0.39, 0.29) is 17.2 Å². The van der Waals surface area contributed by atoms with E-state index in [0.29, 0.717) is 24.0 Å². The second-order valence-electron chi connectivity index (χ2n) is 6.10. The van der Waals surface area contributed by atoms with Crippen LogP contribution in [0.4, 0.5) is 5.69 Å². The van der Waals surface area contributed by atoms with Crippen molar-refractivity contribution in [2.24, 2.45) is 0 Å². The highest BCUT2D eigenvalue weighted by atomic mass is 28.4. The van der Waals surface area contributed by atoms with Crippen LogP contribution in [0.5, 0.6) is 5.75 Å². The maximum Gasteiger partial charge on any atom is 0.500 e. The summed E-state index contributed by atoms with van der Waals surface area (Å²) < 4.78 is 27.2. The van der Waals surface area contributed by atoms with Crippen molar-refractivity contribution in [3.05, 3.63) is 33.4 Å². The first-order valence-corrected chi connectivity index (χ1v) is 11.0. The van der Waals surface area contributed by atoms with Gasteiger partial charge in [-0.2, -0.15) is 0 Å². The van der Waals surface area contributed by atoms with Crippen molar-refractivity contribution in [2.75, 3.05) is 35.0 Å². The van der Waals surface area contributed by atoms with Gasteiger partial charge >= 0.3 is 8.80 Å². The number of nitrogens with zero attached hydrogens (tertiary/aromatic N) is 1. The van der Waals surface area contributed by atoms with Gasteiger partial charge in [-0.05, 0) is 25.3 Å². The van der Waals surface area contributed by atoms with Gasteiger partial charge in [0, 0.05) is 45.6 Å². The molecule has 0 saturated carbocycles. The first kappa shape index (κ1) is 23.5. The Labute approximate surface area is 162 Å². The zero-order valence-electron chi connectivity index (χ0n) is 16.9. The predicted octanol–water partition coefficient (Wildman–Crippen LogP) is 3.73. The van der Waals surface area contributed by atoms with Gasteiger partial charge in [0.1, 0.15) is 5.75 Å². The van der Waals surface area contributed by atoms with Gasteiger partial charge in [0.05, 0.1) is 24.2 Å². The van der Waals surface area contributed by atoms with Crippen LogP contribution >= 0.6 is 0 Å². The Morgan fingerprint density at radius 2 is 1.70 bits per heavy atom. The van der Waals surface area contributed by atoms with Crippen LogP contribution in [0.1, 0.15) is 37.3 Å². The fraction of sp³-hybridized carbons (Fsp3) is 0.667. The van der Waals surface area contributed by atoms with Gasteiger partial charge in [-0.15, -0.1) is 0 Å². The summed E-state index contributed by atoms with van der Waals surface area (Å²) in [5, 5.41) is 11.4. The van der Waals surface area contributed by atoms with Crippen molar-refractivity contribution in [1.82, 2.24) is 0 Å². The zero-order valence-corrected chi connectivity index (χ0v) is 17.9. The molecule has 9 heteroatoms. The summed E-state index contributed by atoms with van der Waals surface area (Å²) >= 11 is 0. The molecule has 0 aliphatic carbocycles. The first-order valence-electron chi connectivity index (χ1n) is 9.04. The number of hydrogen-bond donors (Lipinski definition) is 0. The molecule has 0 fully saturated rings. The second kappa shape index (κ2) is 12.0. The Hall–Kier alpha value is -1.52. The molecule has 0 saturated heterocycles. The van der Waals surface area contributed by atoms with E-state index in [0.717, 1.165) is 31.2 Å². The molecular formula is C18H31NO7Si. The molecule has 0 radical (unpaired) electrons. The SMILES string of the molecule is CCCc1cc([N+](=O)[O-])c(COCCCC[Si](OC)(OC)OC)cc1OC. The number of benzene rings is 1. The van der Waals surface area contributed by atoms with E-state index in [9.17, 15) is 10.1 Å². The van der Waals surface area contributed by atoms with Crippen molar-refractivity contribution in [3.63, 3.8) is 0 Å².